The predicted octanol–water partition coefficient (Wildman–Crippen LogP) is 3.41. The Morgan fingerprint density at radius 3 is 2.27 bits per heavy atom. The van der Waals surface area contributed by atoms with Crippen LogP contribution >= 0.6 is 12.4 Å². The molecule has 1 saturated heterocycles. The van der Waals surface area contributed by atoms with Gasteiger partial charge in [-0.15, -0.1) is 22.6 Å². The highest BCUT2D eigenvalue weighted by atomic mass is 35.5. The number of hydrogen-bond donors (Lipinski definition) is 4. The van der Waals surface area contributed by atoms with Gasteiger partial charge >= 0.3 is 0 Å². The SMILES string of the molecule is Cl.NC[C@H]1CC[C@H](C(=O)N[C@@H](Cc2ccc(-c3ccccc3S(=O)(=O)N3CCOCC3)cc2)C(=O)Nc2ccc(-c3nn[nH]n3)cc2)CC1. The molecule has 1 aliphatic heterocycles. The molecule has 0 bridgehead atoms. The number of tetrazole rings is 1. The fourth-order valence-electron chi connectivity index (χ4n) is 6.29. The zero-order chi connectivity index (χ0) is 33.5. The number of nitrogens with zero attached hydrogens (tertiary/aromatic N) is 4. The highest BCUT2D eigenvalue weighted by molar-refractivity contribution is 7.89. The Labute approximate surface area is 291 Å². The maximum atomic E-state index is 13.7. The van der Waals surface area contributed by atoms with Crippen LogP contribution in [0.5, 0.6) is 0 Å². The molecule has 1 aromatic heterocycles. The summed E-state index contributed by atoms with van der Waals surface area (Å²) in [5.74, 6) is 0.196. The lowest BCUT2D eigenvalue weighted by atomic mass is 9.81. The lowest BCUT2D eigenvalue weighted by Gasteiger charge is -2.28. The van der Waals surface area contributed by atoms with Gasteiger partial charge in [0.05, 0.1) is 18.1 Å². The minimum absolute atomic E-state index is 0. The number of amides is 2. The number of ether oxygens (including phenoxy) is 1. The van der Waals surface area contributed by atoms with Gasteiger partial charge in [0, 0.05) is 42.2 Å². The predicted molar refractivity (Wildman–Crippen MR) is 187 cm³/mol. The number of nitrogens with one attached hydrogen (secondary N) is 3. The van der Waals surface area contributed by atoms with Crippen molar-refractivity contribution < 1.29 is 22.7 Å². The Morgan fingerprint density at radius 1 is 0.939 bits per heavy atom. The van der Waals surface area contributed by atoms with Crippen LogP contribution in [0.1, 0.15) is 31.2 Å². The summed E-state index contributed by atoms with van der Waals surface area (Å²) in [6, 6.07) is 20.6. The highest BCUT2D eigenvalue weighted by Crippen LogP contribution is 2.31. The van der Waals surface area contributed by atoms with Crippen molar-refractivity contribution in [1.29, 1.82) is 0 Å². The number of rotatable bonds is 11. The van der Waals surface area contributed by atoms with E-state index in [0.717, 1.165) is 42.4 Å². The monoisotopic (exact) mass is 708 g/mol. The molecule has 5 N–H and O–H groups in total. The van der Waals surface area contributed by atoms with Crippen LogP contribution in [0.25, 0.3) is 22.5 Å². The second-order valence-corrected chi connectivity index (χ2v) is 14.1. The van der Waals surface area contributed by atoms with Crippen LogP contribution in [0.4, 0.5) is 5.69 Å². The van der Waals surface area contributed by atoms with Gasteiger partial charge in [0.15, 0.2) is 0 Å². The lowest BCUT2D eigenvalue weighted by Crippen LogP contribution is -2.48. The van der Waals surface area contributed by atoms with E-state index >= 15 is 0 Å². The van der Waals surface area contributed by atoms with E-state index in [0.29, 0.717) is 55.8 Å². The number of hydrogen-bond acceptors (Lipinski definition) is 9. The van der Waals surface area contributed by atoms with E-state index in [1.54, 1.807) is 42.5 Å². The smallest absolute Gasteiger partial charge is 0.247 e. The molecule has 3 aromatic carbocycles. The molecule has 13 nitrogen and oxygen atoms in total. The first kappa shape index (κ1) is 36.1. The van der Waals surface area contributed by atoms with Crippen LogP contribution in [-0.4, -0.2) is 84.1 Å². The molecule has 2 heterocycles. The number of aromatic nitrogens is 4. The van der Waals surface area contributed by atoms with Gasteiger partial charge in [-0.25, -0.2) is 8.42 Å². The Bertz CT molecular complexity index is 1790. The molecular weight excluding hydrogens is 668 g/mol. The van der Waals surface area contributed by atoms with Crippen LogP contribution in [0.15, 0.2) is 77.7 Å². The van der Waals surface area contributed by atoms with Crippen molar-refractivity contribution in [3.63, 3.8) is 0 Å². The largest absolute Gasteiger partial charge is 0.379 e. The molecule has 2 fully saturated rings. The number of halogens is 1. The standard InChI is InChI=1S/C34H40N8O5S.ClH/c35-22-24-7-11-27(12-8-24)33(43)37-30(34(44)36-28-15-13-26(14-16-28)32-38-40-41-39-32)21-23-5-9-25(10-6-23)29-3-1-2-4-31(29)48(45,46)42-17-19-47-20-18-42;/h1-6,9-10,13-16,24,27,30H,7-8,11-12,17-22,35H2,(H,36,44)(H,37,43)(H,38,39,40,41);1H/t24-,27-,30-;/m0./s1. The van der Waals surface area contributed by atoms with Gasteiger partial charge in [-0.2, -0.15) is 9.52 Å². The number of aromatic amines is 1. The van der Waals surface area contributed by atoms with Gasteiger partial charge in [-0.1, -0.05) is 42.5 Å². The molecule has 15 heteroatoms. The Kier molecular flexibility index (Phi) is 12.1. The van der Waals surface area contributed by atoms with E-state index in [2.05, 4.69) is 31.3 Å². The van der Waals surface area contributed by atoms with Gasteiger partial charge in [0.25, 0.3) is 0 Å². The van der Waals surface area contributed by atoms with Crippen molar-refractivity contribution in [3.8, 4) is 22.5 Å². The van der Waals surface area contributed by atoms with Crippen molar-refractivity contribution in [2.24, 2.45) is 17.6 Å². The summed E-state index contributed by atoms with van der Waals surface area (Å²) in [7, 11) is -3.72. The molecule has 1 saturated carbocycles. The average Bonchev–Trinajstić information content (AvgIpc) is 3.68. The van der Waals surface area contributed by atoms with E-state index < -0.39 is 16.1 Å². The van der Waals surface area contributed by atoms with Gasteiger partial charge in [0.1, 0.15) is 6.04 Å². The Balaban J connectivity index is 0.00000468. The first-order chi connectivity index (χ1) is 23.3. The maximum absolute atomic E-state index is 13.7. The molecule has 2 aliphatic rings. The molecule has 2 amide bonds. The summed E-state index contributed by atoms with van der Waals surface area (Å²) >= 11 is 0. The first-order valence-electron chi connectivity index (χ1n) is 16.2. The van der Waals surface area contributed by atoms with Crippen molar-refractivity contribution in [2.45, 2.75) is 43.0 Å². The summed E-state index contributed by atoms with van der Waals surface area (Å²) in [5, 5.41) is 19.9. The Morgan fingerprint density at radius 2 is 1.61 bits per heavy atom. The number of H-pyrrole nitrogens is 1. The molecule has 1 atom stereocenters. The second-order valence-electron chi connectivity index (χ2n) is 12.2. The van der Waals surface area contributed by atoms with Crippen molar-refractivity contribution >= 4 is 39.9 Å². The van der Waals surface area contributed by atoms with E-state index in [-0.39, 0.29) is 41.5 Å². The van der Waals surface area contributed by atoms with Crippen LogP contribution in [0, 0.1) is 11.8 Å². The van der Waals surface area contributed by atoms with E-state index in [1.165, 1.54) is 4.31 Å². The highest BCUT2D eigenvalue weighted by Gasteiger charge is 2.31. The van der Waals surface area contributed by atoms with Gasteiger partial charge in [-0.05, 0) is 84.8 Å². The zero-order valence-electron chi connectivity index (χ0n) is 27.0. The molecule has 6 rings (SSSR count). The average molecular weight is 709 g/mol. The number of carbonyl (C=O) groups excluding carboxylic acids is 2. The molecule has 49 heavy (non-hydrogen) atoms. The molecule has 0 unspecified atom stereocenters. The fourth-order valence-corrected chi connectivity index (χ4v) is 7.91. The van der Waals surface area contributed by atoms with Crippen LogP contribution < -0.4 is 16.4 Å². The van der Waals surface area contributed by atoms with E-state index in [9.17, 15) is 18.0 Å². The molecule has 0 spiro atoms. The summed E-state index contributed by atoms with van der Waals surface area (Å²) in [5.41, 5.74) is 9.28. The number of nitrogens with two attached hydrogens (primary N) is 1. The quantitative estimate of drug-likeness (QED) is 0.181. The molecule has 260 valence electrons. The third-order valence-electron chi connectivity index (χ3n) is 9.12. The van der Waals surface area contributed by atoms with Gasteiger partial charge < -0.3 is 21.1 Å². The van der Waals surface area contributed by atoms with Crippen LogP contribution in [0.3, 0.4) is 0 Å². The summed E-state index contributed by atoms with van der Waals surface area (Å²) < 4.78 is 33.9. The number of morpholine rings is 1. The summed E-state index contributed by atoms with van der Waals surface area (Å²) in [6.07, 6.45) is 3.50. The molecular formula is C34H41ClN8O5S. The maximum Gasteiger partial charge on any atom is 0.247 e. The van der Waals surface area contributed by atoms with Crippen molar-refractivity contribution in [3.05, 3.63) is 78.4 Å². The summed E-state index contributed by atoms with van der Waals surface area (Å²) in [4.78, 5) is 27.3. The van der Waals surface area contributed by atoms with Crippen molar-refractivity contribution in [2.75, 3.05) is 38.2 Å². The minimum atomic E-state index is -3.72. The van der Waals surface area contributed by atoms with Crippen molar-refractivity contribution in [1.82, 2.24) is 30.2 Å². The lowest BCUT2D eigenvalue weighted by molar-refractivity contribution is -0.130. The van der Waals surface area contributed by atoms with E-state index in [4.69, 9.17) is 10.5 Å². The number of benzene rings is 3. The number of anilines is 1. The summed E-state index contributed by atoms with van der Waals surface area (Å²) in [6.45, 7) is 1.96. The topological polar surface area (TPSA) is 185 Å². The van der Waals surface area contributed by atoms with E-state index in [1.807, 2.05) is 30.3 Å². The normalized spacial score (nSPS) is 19.0. The third kappa shape index (κ3) is 8.69. The molecule has 4 aromatic rings. The molecule has 0 radical (unpaired) electrons. The van der Waals surface area contributed by atoms with Gasteiger partial charge in [-0.3, -0.25) is 9.59 Å². The first-order valence-corrected chi connectivity index (χ1v) is 17.7. The number of sulfonamides is 1. The van der Waals surface area contributed by atoms with Crippen LogP contribution in [0.2, 0.25) is 0 Å². The minimum Gasteiger partial charge on any atom is -0.379 e. The Hall–Kier alpha value is -4.21. The zero-order valence-corrected chi connectivity index (χ0v) is 28.6. The van der Waals surface area contributed by atoms with Crippen LogP contribution in [-0.2, 0) is 30.8 Å². The third-order valence-corrected chi connectivity index (χ3v) is 11.1. The second kappa shape index (κ2) is 16.5. The van der Waals surface area contributed by atoms with Gasteiger partial charge in [0.2, 0.25) is 27.7 Å². The molecule has 1 aliphatic carbocycles. The number of carbonyl (C=O) groups is 2. The fraction of sp³-hybridized carbons (Fsp3) is 0.382.